The highest BCUT2D eigenvalue weighted by molar-refractivity contribution is 7.85. The molecule has 1 saturated carbocycles. The Morgan fingerprint density at radius 2 is 1.95 bits per heavy atom. The van der Waals surface area contributed by atoms with E-state index in [0.717, 1.165) is 50.0 Å². The zero-order valence-corrected chi connectivity index (χ0v) is 12.5. The van der Waals surface area contributed by atoms with E-state index < -0.39 is 10.8 Å². The number of carbonyl (C=O) groups excluding carboxylic acids is 1. The van der Waals surface area contributed by atoms with Crippen molar-refractivity contribution >= 4 is 16.8 Å². The van der Waals surface area contributed by atoms with Crippen molar-refractivity contribution < 1.29 is 13.7 Å². The minimum Gasteiger partial charge on any atom is -0.466 e. The van der Waals surface area contributed by atoms with Crippen molar-refractivity contribution in [1.82, 2.24) is 5.32 Å². The maximum absolute atomic E-state index is 11.8. The molecule has 2 rings (SSSR count). The first-order valence-corrected chi connectivity index (χ1v) is 8.95. The maximum atomic E-state index is 11.8. The molecule has 0 aromatic carbocycles. The molecule has 19 heavy (non-hydrogen) atoms. The van der Waals surface area contributed by atoms with Crippen LogP contribution in [0.3, 0.4) is 0 Å². The van der Waals surface area contributed by atoms with Crippen LogP contribution >= 0.6 is 0 Å². The Kier molecular flexibility index (Phi) is 5.82. The zero-order valence-electron chi connectivity index (χ0n) is 11.7. The van der Waals surface area contributed by atoms with Gasteiger partial charge in [0.2, 0.25) is 0 Å². The third kappa shape index (κ3) is 4.56. The Morgan fingerprint density at radius 1 is 1.21 bits per heavy atom. The third-order valence-corrected chi connectivity index (χ3v) is 5.54. The lowest BCUT2D eigenvalue weighted by atomic mass is 9.85. The summed E-state index contributed by atoms with van der Waals surface area (Å²) in [4.78, 5) is 11.8. The SMILES string of the molecule is CCOC(=O)C1CCCC(NC2CCS(=O)CC2)C1. The van der Waals surface area contributed by atoms with Crippen LogP contribution < -0.4 is 5.32 Å². The molecule has 0 radical (unpaired) electrons. The monoisotopic (exact) mass is 287 g/mol. The first kappa shape index (κ1) is 15.0. The van der Waals surface area contributed by atoms with Crippen molar-refractivity contribution in [3.63, 3.8) is 0 Å². The highest BCUT2D eigenvalue weighted by atomic mass is 32.2. The van der Waals surface area contributed by atoms with E-state index in [1.807, 2.05) is 6.92 Å². The van der Waals surface area contributed by atoms with Gasteiger partial charge in [0.1, 0.15) is 0 Å². The molecule has 0 bridgehead atoms. The summed E-state index contributed by atoms with van der Waals surface area (Å²) in [5.74, 6) is 1.69. The molecule has 0 aromatic heterocycles. The molecule has 1 N–H and O–H groups in total. The third-order valence-electron chi connectivity index (χ3n) is 4.15. The van der Waals surface area contributed by atoms with Crippen LogP contribution in [0.25, 0.3) is 0 Å². The number of rotatable bonds is 4. The van der Waals surface area contributed by atoms with Gasteiger partial charge in [0.05, 0.1) is 12.5 Å². The number of nitrogens with one attached hydrogen (secondary N) is 1. The Balaban J connectivity index is 1.77. The highest BCUT2D eigenvalue weighted by Crippen LogP contribution is 2.26. The summed E-state index contributed by atoms with van der Waals surface area (Å²) in [7, 11) is -0.599. The van der Waals surface area contributed by atoms with E-state index in [4.69, 9.17) is 4.74 Å². The molecule has 0 spiro atoms. The van der Waals surface area contributed by atoms with Gasteiger partial charge in [-0.15, -0.1) is 0 Å². The lowest BCUT2D eigenvalue weighted by Gasteiger charge is -2.33. The number of hydrogen-bond acceptors (Lipinski definition) is 4. The minimum atomic E-state index is -0.599. The summed E-state index contributed by atoms with van der Waals surface area (Å²) in [6.07, 6.45) is 6.12. The molecule has 0 aromatic rings. The fraction of sp³-hybridized carbons (Fsp3) is 0.929. The molecule has 2 fully saturated rings. The zero-order chi connectivity index (χ0) is 13.7. The molecule has 5 heteroatoms. The van der Waals surface area contributed by atoms with Gasteiger partial charge in [-0.1, -0.05) is 6.42 Å². The standard InChI is InChI=1S/C14H25NO3S/c1-2-18-14(16)11-4-3-5-13(10-11)15-12-6-8-19(17)9-7-12/h11-13,15H,2-10H2,1H3. The summed E-state index contributed by atoms with van der Waals surface area (Å²) in [6, 6.07) is 0.920. The smallest absolute Gasteiger partial charge is 0.308 e. The molecule has 2 atom stereocenters. The summed E-state index contributed by atoms with van der Waals surface area (Å²) in [6.45, 7) is 2.33. The predicted molar refractivity (Wildman–Crippen MR) is 76.4 cm³/mol. The Bertz CT molecular complexity index is 325. The highest BCUT2D eigenvalue weighted by Gasteiger charge is 2.30. The van der Waals surface area contributed by atoms with E-state index >= 15 is 0 Å². The van der Waals surface area contributed by atoms with Crippen LogP contribution in [0.4, 0.5) is 0 Å². The summed E-state index contributed by atoms with van der Waals surface area (Å²) < 4.78 is 16.5. The molecule has 2 unspecified atom stereocenters. The van der Waals surface area contributed by atoms with Crippen molar-refractivity contribution in [2.45, 2.75) is 57.5 Å². The lowest BCUT2D eigenvalue weighted by Crippen LogP contribution is -2.45. The van der Waals surface area contributed by atoms with Gasteiger partial charge in [0.15, 0.2) is 0 Å². The molecule has 0 amide bonds. The van der Waals surface area contributed by atoms with Crippen LogP contribution in [-0.2, 0) is 20.3 Å². The van der Waals surface area contributed by atoms with Gasteiger partial charge in [-0.2, -0.15) is 0 Å². The molecule has 1 saturated heterocycles. The molecule has 2 aliphatic rings. The van der Waals surface area contributed by atoms with Gasteiger partial charge in [0.25, 0.3) is 0 Å². The fourth-order valence-corrected chi connectivity index (χ4v) is 4.41. The molecule has 1 aliphatic carbocycles. The molecule has 110 valence electrons. The molecular formula is C14H25NO3S. The Hall–Kier alpha value is -0.420. The van der Waals surface area contributed by atoms with E-state index in [-0.39, 0.29) is 11.9 Å². The topological polar surface area (TPSA) is 55.4 Å². The summed E-state index contributed by atoms with van der Waals surface area (Å²) >= 11 is 0. The van der Waals surface area contributed by atoms with Crippen molar-refractivity contribution in [3.05, 3.63) is 0 Å². The average Bonchev–Trinajstić information content (AvgIpc) is 2.42. The first-order chi connectivity index (χ1) is 9.19. The van der Waals surface area contributed by atoms with Crippen LogP contribution in [0.1, 0.15) is 45.4 Å². The molecular weight excluding hydrogens is 262 g/mol. The Morgan fingerprint density at radius 3 is 2.63 bits per heavy atom. The van der Waals surface area contributed by atoms with E-state index in [2.05, 4.69) is 5.32 Å². The Labute approximate surface area is 118 Å². The van der Waals surface area contributed by atoms with E-state index in [0.29, 0.717) is 18.7 Å². The summed E-state index contributed by atoms with van der Waals surface area (Å²) in [5, 5.41) is 3.66. The van der Waals surface area contributed by atoms with E-state index in [1.54, 1.807) is 0 Å². The van der Waals surface area contributed by atoms with Gasteiger partial charge in [-0.3, -0.25) is 9.00 Å². The second-order valence-corrected chi connectivity index (χ2v) is 7.30. The molecule has 4 nitrogen and oxygen atoms in total. The van der Waals surface area contributed by atoms with Gasteiger partial charge < -0.3 is 10.1 Å². The van der Waals surface area contributed by atoms with Crippen LogP contribution in [-0.4, -0.2) is 40.4 Å². The van der Waals surface area contributed by atoms with Crippen molar-refractivity contribution in [3.8, 4) is 0 Å². The average molecular weight is 287 g/mol. The molecule has 1 aliphatic heterocycles. The van der Waals surface area contributed by atoms with Crippen molar-refractivity contribution in [2.24, 2.45) is 5.92 Å². The van der Waals surface area contributed by atoms with Crippen LogP contribution in [0, 0.1) is 5.92 Å². The summed E-state index contributed by atoms with van der Waals surface area (Å²) in [5.41, 5.74) is 0. The second kappa shape index (κ2) is 7.39. The number of esters is 1. The van der Waals surface area contributed by atoms with Crippen molar-refractivity contribution in [1.29, 1.82) is 0 Å². The van der Waals surface area contributed by atoms with Crippen LogP contribution in [0.2, 0.25) is 0 Å². The van der Waals surface area contributed by atoms with E-state index in [1.165, 1.54) is 0 Å². The molecule has 1 heterocycles. The van der Waals surface area contributed by atoms with E-state index in [9.17, 15) is 9.00 Å². The minimum absolute atomic E-state index is 0.0289. The van der Waals surface area contributed by atoms with Crippen LogP contribution in [0.5, 0.6) is 0 Å². The second-order valence-electron chi connectivity index (χ2n) is 5.60. The van der Waals surface area contributed by atoms with Crippen LogP contribution in [0.15, 0.2) is 0 Å². The van der Waals surface area contributed by atoms with Gasteiger partial charge >= 0.3 is 5.97 Å². The maximum Gasteiger partial charge on any atom is 0.308 e. The van der Waals surface area contributed by atoms with Gasteiger partial charge in [0, 0.05) is 34.4 Å². The normalized spacial score (nSPS) is 35.8. The number of ether oxygens (including phenoxy) is 1. The fourth-order valence-electron chi connectivity index (χ4n) is 3.11. The van der Waals surface area contributed by atoms with Gasteiger partial charge in [-0.05, 0) is 39.0 Å². The van der Waals surface area contributed by atoms with Crippen molar-refractivity contribution in [2.75, 3.05) is 18.1 Å². The quantitative estimate of drug-likeness (QED) is 0.798. The predicted octanol–water partition coefficient (Wildman–Crippen LogP) is 1.61. The largest absolute Gasteiger partial charge is 0.466 e. The lowest BCUT2D eigenvalue weighted by molar-refractivity contribution is -0.149. The number of hydrogen-bond donors (Lipinski definition) is 1. The number of carbonyl (C=O) groups is 1. The van der Waals surface area contributed by atoms with Gasteiger partial charge in [-0.25, -0.2) is 0 Å². The first-order valence-electron chi connectivity index (χ1n) is 7.46.